The van der Waals surface area contributed by atoms with Gasteiger partial charge < -0.3 is 4.74 Å². The van der Waals surface area contributed by atoms with Crippen molar-refractivity contribution in [3.05, 3.63) is 126 Å². The van der Waals surface area contributed by atoms with Crippen LogP contribution in [0.2, 0.25) is 0 Å². The number of primary sulfonamides is 1. The van der Waals surface area contributed by atoms with Crippen LogP contribution in [0.15, 0.2) is 108 Å². The fraction of sp³-hybridized carbons (Fsp3) is 0.156. The van der Waals surface area contributed by atoms with Crippen LogP contribution in [0.4, 0.5) is 13.2 Å². The Morgan fingerprint density at radius 1 is 0.829 bits per heavy atom. The van der Waals surface area contributed by atoms with Crippen molar-refractivity contribution in [1.29, 1.82) is 0 Å². The molecule has 0 saturated carbocycles. The molecule has 210 valence electrons. The average molecular weight is 577 g/mol. The number of halogens is 3. The zero-order valence-electron chi connectivity index (χ0n) is 21.9. The zero-order chi connectivity index (χ0) is 29.0. The molecule has 0 fully saturated rings. The Hall–Kier alpha value is -4.21. The summed E-state index contributed by atoms with van der Waals surface area (Å²) >= 11 is 0. The van der Waals surface area contributed by atoms with E-state index < -0.39 is 21.8 Å². The first-order valence-corrected chi connectivity index (χ1v) is 14.5. The summed E-state index contributed by atoms with van der Waals surface area (Å²) in [7, 11) is -3.74. The molecule has 4 aromatic carbocycles. The lowest BCUT2D eigenvalue weighted by molar-refractivity contribution is -0.136. The predicted molar refractivity (Wildman–Crippen MR) is 153 cm³/mol. The monoisotopic (exact) mass is 576 g/mol. The molecule has 0 saturated heterocycles. The number of hydrogen-bond acceptors (Lipinski definition) is 4. The Morgan fingerprint density at radius 3 is 2.27 bits per heavy atom. The minimum absolute atomic E-state index is 0.0620. The van der Waals surface area contributed by atoms with Gasteiger partial charge in [0.15, 0.2) is 0 Å². The first-order valence-electron chi connectivity index (χ1n) is 13.0. The lowest BCUT2D eigenvalue weighted by Gasteiger charge is -2.17. The van der Waals surface area contributed by atoms with Gasteiger partial charge in [0.1, 0.15) is 5.75 Å². The molecule has 9 heteroatoms. The summed E-state index contributed by atoms with van der Waals surface area (Å²) in [6, 6.07) is 27.6. The van der Waals surface area contributed by atoms with Gasteiger partial charge in [-0.3, -0.25) is 4.98 Å². The molecule has 0 aliphatic carbocycles. The number of ether oxygens (including phenoxy) is 1. The third-order valence-corrected chi connectivity index (χ3v) is 7.70. The molecule has 0 radical (unpaired) electrons. The van der Waals surface area contributed by atoms with Crippen LogP contribution in [0.1, 0.15) is 28.7 Å². The van der Waals surface area contributed by atoms with E-state index >= 15 is 0 Å². The van der Waals surface area contributed by atoms with Gasteiger partial charge in [-0.25, -0.2) is 13.6 Å². The summed E-state index contributed by atoms with van der Waals surface area (Å²) < 4.78 is 70.4. The number of benzene rings is 4. The topological polar surface area (TPSA) is 82.3 Å². The van der Waals surface area contributed by atoms with Gasteiger partial charge in [0.2, 0.25) is 10.0 Å². The van der Waals surface area contributed by atoms with Crippen LogP contribution in [0.5, 0.6) is 5.75 Å². The molecule has 1 aromatic heterocycles. The van der Waals surface area contributed by atoms with Crippen LogP contribution in [0.25, 0.3) is 22.0 Å². The van der Waals surface area contributed by atoms with Crippen LogP contribution in [0.3, 0.4) is 0 Å². The summed E-state index contributed by atoms with van der Waals surface area (Å²) in [4.78, 5) is 4.33. The fourth-order valence-corrected chi connectivity index (χ4v) is 5.35. The van der Waals surface area contributed by atoms with Gasteiger partial charge in [-0.15, -0.1) is 0 Å². The molecule has 0 atom stereocenters. The van der Waals surface area contributed by atoms with Crippen molar-refractivity contribution in [3.63, 3.8) is 0 Å². The van der Waals surface area contributed by atoms with E-state index in [-0.39, 0.29) is 10.4 Å². The first kappa shape index (κ1) is 28.3. The highest BCUT2D eigenvalue weighted by Gasteiger charge is 2.33. The van der Waals surface area contributed by atoms with E-state index in [4.69, 9.17) is 9.88 Å². The maximum Gasteiger partial charge on any atom is 0.418 e. The second-order valence-corrected chi connectivity index (χ2v) is 11.3. The highest BCUT2D eigenvalue weighted by atomic mass is 32.2. The number of hydrogen-bond donors (Lipinski definition) is 1. The summed E-state index contributed by atoms with van der Waals surface area (Å²) in [6.45, 7) is 0.395. The molecular weight excluding hydrogens is 549 g/mol. The fourth-order valence-electron chi connectivity index (χ4n) is 4.84. The molecule has 0 spiro atoms. The van der Waals surface area contributed by atoms with Gasteiger partial charge in [-0.2, -0.15) is 13.2 Å². The number of sulfonamides is 1. The van der Waals surface area contributed by atoms with Crippen molar-refractivity contribution < 1.29 is 26.3 Å². The van der Waals surface area contributed by atoms with Crippen molar-refractivity contribution in [3.8, 4) is 16.9 Å². The lowest BCUT2D eigenvalue weighted by Crippen LogP contribution is -2.11. The lowest BCUT2D eigenvalue weighted by atomic mass is 9.92. The van der Waals surface area contributed by atoms with Crippen LogP contribution < -0.4 is 9.88 Å². The normalized spacial score (nSPS) is 12.0. The first-order chi connectivity index (χ1) is 19.6. The van der Waals surface area contributed by atoms with Crippen LogP contribution in [0, 0.1) is 0 Å². The Kier molecular flexibility index (Phi) is 8.10. The standard InChI is InChI=1S/C32H27F3N2O3S/c33-32(34,35)29-13-5-12-28-30(25(21-37-31(28)29)19-23-7-2-1-3-8-23)24-10-4-11-26(20-24)40-18-6-9-22-14-16-27(17-15-22)41(36,38)39/h1-5,7-8,10-17,20-21H,6,9,18-19H2,(H2,36,38,39). The van der Waals surface area contributed by atoms with Gasteiger partial charge in [-0.05, 0) is 77.4 Å². The molecule has 0 aliphatic heterocycles. The Bertz CT molecular complexity index is 1770. The quantitative estimate of drug-likeness (QED) is 0.189. The van der Waals surface area contributed by atoms with Gasteiger partial charge in [0.05, 0.1) is 22.6 Å². The van der Waals surface area contributed by atoms with E-state index in [1.807, 2.05) is 54.6 Å². The summed E-state index contributed by atoms with van der Waals surface area (Å²) in [5, 5.41) is 5.58. The van der Waals surface area contributed by atoms with Crippen LogP contribution >= 0.6 is 0 Å². The molecule has 0 amide bonds. The van der Waals surface area contributed by atoms with Gasteiger partial charge in [0, 0.05) is 11.6 Å². The van der Waals surface area contributed by atoms with Gasteiger partial charge >= 0.3 is 6.18 Å². The molecule has 0 bridgehead atoms. The summed E-state index contributed by atoms with van der Waals surface area (Å²) in [5.74, 6) is 0.592. The second-order valence-electron chi connectivity index (χ2n) is 9.69. The molecule has 41 heavy (non-hydrogen) atoms. The number of pyridine rings is 1. The average Bonchev–Trinajstić information content (AvgIpc) is 2.95. The van der Waals surface area contributed by atoms with E-state index in [1.54, 1.807) is 18.2 Å². The van der Waals surface area contributed by atoms with Crippen LogP contribution in [-0.4, -0.2) is 20.0 Å². The van der Waals surface area contributed by atoms with E-state index in [0.29, 0.717) is 42.6 Å². The van der Waals surface area contributed by atoms with Gasteiger partial charge in [-0.1, -0.05) is 66.7 Å². The minimum atomic E-state index is -4.53. The predicted octanol–water partition coefficient (Wildman–Crippen LogP) is 7.17. The van der Waals surface area contributed by atoms with Crippen molar-refractivity contribution in [1.82, 2.24) is 4.98 Å². The number of rotatable bonds is 9. The number of aryl methyl sites for hydroxylation is 1. The molecule has 1 heterocycles. The second kappa shape index (κ2) is 11.7. The molecule has 0 unspecified atom stereocenters. The van der Waals surface area contributed by atoms with E-state index in [9.17, 15) is 21.6 Å². The Balaban J connectivity index is 1.41. The largest absolute Gasteiger partial charge is 0.494 e. The smallest absolute Gasteiger partial charge is 0.418 e. The third kappa shape index (κ3) is 6.75. The van der Waals surface area contributed by atoms with E-state index in [1.165, 1.54) is 24.4 Å². The number of alkyl halides is 3. The minimum Gasteiger partial charge on any atom is -0.494 e. The molecule has 0 aliphatic rings. The maximum absolute atomic E-state index is 13.8. The summed E-state index contributed by atoms with van der Waals surface area (Å²) in [6.07, 6.45) is -1.15. The van der Waals surface area contributed by atoms with Crippen molar-refractivity contribution >= 4 is 20.9 Å². The van der Waals surface area contributed by atoms with Crippen LogP contribution in [-0.2, 0) is 29.0 Å². The summed E-state index contributed by atoms with van der Waals surface area (Å²) in [5.41, 5.74) is 3.33. The number of aromatic nitrogens is 1. The molecule has 5 aromatic rings. The molecular formula is C32H27F3N2O3S. The number of para-hydroxylation sites is 1. The van der Waals surface area contributed by atoms with Crippen molar-refractivity contribution in [2.45, 2.75) is 30.3 Å². The van der Waals surface area contributed by atoms with Crippen molar-refractivity contribution in [2.75, 3.05) is 6.61 Å². The highest BCUT2D eigenvalue weighted by Crippen LogP contribution is 2.39. The number of nitrogens with two attached hydrogens (primary N) is 1. The highest BCUT2D eigenvalue weighted by molar-refractivity contribution is 7.89. The van der Waals surface area contributed by atoms with Crippen molar-refractivity contribution in [2.24, 2.45) is 5.14 Å². The zero-order valence-corrected chi connectivity index (χ0v) is 22.8. The molecule has 5 rings (SSSR count). The SMILES string of the molecule is NS(=O)(=O)c1ccc(CCCOc2cccc(-c3c(Cc4ccccc4)cnc4c(C(F)(F)F)cccc34)c2)cc1. The van der Waals surface area contributed by atoms with E-state index in [0.717, 1.165) is 28.3 Å². The van der Waals surface area contributed by atoms with E-state index in [2.05, 4.69) is 4.98 Å². The molecule has 5 nitrogen and oxygen atoms in total. The Labute approximate surface area is 236 Å². The van der Waals surface area contributed by atoms with Gasteiger partial charge in [0.25, 0.3) is 0 Å². The number of fused-ring (bicyclic) bond motifs is 1. The Morgan fingerprint density at radius 2 is 1.56 bits per heavy atom. The molecule has 2 N–H and O–H groups in total. The maximum atomic E-state index is 13.8. The number of nitrogens with zero attached hydrogens (tertiary/aromatic N) is 1. The third-order valence-electron chi connectivity index (χ3n) is 6.77.